The zero-order chi connectivity index (χ0) is 18.7. The number of benzene rings is 2. The predicted molar refractivity (Wildman–Crippen MR) is 106 cm³/mol. The number of aryl methyl sites for hydroxylation is 2. The van der Waals surface area contributed by atoms with Crippen LogP contribution in [0, 0.1) is 13.8 Å². The largest absolute Gasteiger partial charge is 0.381 e. The molecule has 3 rings (SSSR count). The lowest BCUT2D eigenvalue weighted by Gasteiger charge is -2.35. The summed E-state index contributed by atoms with van der Waals surface area (Å²) in [6.07, 6.45) is 0.169. The van der Waals surface area contributed by atoms with Crippen molar-refractivity contribution in [2.75, 3.05) is 18.4 Å². The normalized spacial score (nSPS) is 20.1. The van der Waals surface area contributed by atoms with Crippen molar-refractivity contribution < 1.29 is 9.53 Å². The molecular weight excluding hydrogens is 324 g/mol. The van der Waals surface area contributed by atoms with Crippen molar-refractivity contribution in [2.45, 2.75) is 46.4 Å². The van der Waals surface area contributed by atoms with Gasteiger partial charge in [0, 0.05) is 30.9 Å². The van der Waals surface area contributed by atoms with Gasteiger partial charge in [-0.1, -0.05) is 23.8 Å². The van der Waals surface area contributed by atoms with E-state index in [4.69, 9.17) is 4.74 Å². The number of carbonyl (C=O) groups is 1. The van der Waals surface area contributed by atoms with Crippen molar-refractivity contribution in [3.05, 3.63) is 64.7 Å². The fourth-order valence-electron chi connectivity index (χ4n) is 3.44. The van der Waals surface area contributed by atoms with Gasteiger partial charge in [-0.15, -0.1) is 0 Å². The first kappa shape index (κ1) is 18.5. The first-order valence-corrected chi connectivity index (χ1v) is 9.27. The summed E-state index contributed by atoms with van der Waals surface area (Å²) in [6.45, 7) is 10.3. The molecule has 0 saturated carbocycles. The van der Waals surface area contributed by atoms with Crippen LogP contribution < -0.4 is 5.32 Å². The molecule has 26 heavy (non-hydrogen) atoms. The molecule has 0 aliphatic carbocycles. The quantitative estimate of drug-likeness (QED) is 0.898. The van der Waals surface area contributed by atoms with Gasteiger partial charge in [-0.3, -0.25) is 4.79 Å². The number of nitrogens with zero attached hydrogens (tertiary/aromatic N) is 1. The number of ether oxygens (including phenoxy) is 1. The minimum Gasteiger partial charge on any atom is -0.381 e. The van der Waals surface area contributed by atoms with Crippen molar-refractivity contribution in [3.8, 4) is 0 Å². The Balaban J connectivity index is 1.63. The van der Waals surface area contributed by atoms with Gasteiger partial charge < -0.3 is 15.0 Å². The van der Waals surface area contributed by atoms with Crippen LogP contribution in [0.3, 0.4) is 0 Å². The third kappa shape index (κ3) is 4.44. The molecule has 2 aromatic rings. The van der Waals surface area contributed by atoms with Crippen molar-refractivity contribution in [1.29, 1.82) is 0 Å². The second-order valence-corrected chi connectivity index (χ2v) is 7.33. The third-order valence-electron chi connectivity index (χ3n) is 4.83. The molecule has 1 fully saturated rings. The van der Waals surface area contributed by atoms with Crippen LogP contribution >= 0.6 is 0 Å². The van der Waals surface area contributed by atoms with Gasteiger partial charge in [0.2, 0.25) is 0 Å². The Labute approximate surface area is 156 Å². The van der Waals surface area contributed by atoms with Crippen LogP contribution in [0.4, 0.5) is 5.69 Å². The van der Waals surface area contributed by atoms with Gasteiger partial charge >= 0.3 is 0 Å². The number of anilines is 1. The highest BCUT2D eigenvalue weighted by Gasteiger charge is 2.26. The number of rotatable bonds is 4. The molecule has 4 nitrogen and oxygen atoms in total. The smallest absolute Gasteiger partial charge is 0.254 e. The first-order chi connectivity index (χ1) is 12.4. The van der Waals surface area contributed by atoms with E-state index < -0.39 is 0 Å². The van der Waals surface area contributed by atoms with E-state index in [2.05, 4.69) is 37.4 Å². The molecule has 1 heterocycles. The zero-order valence-corrected chi connectivity index (χ0v) is 16.1. The minimum absolute atomic E-state index is 0.0769. The Morgan fingerprint density at radius 3 is 2.38 bits per heavy atom. The highest BCUT2D eigenvalue weighted by Crippen LogP contribution is 2.18. The highest BCUT2D eigenvalue weighted by molar-refractivity contribution is 5.94. The minimum atomic E-state index is 0.0769. The number of hydrogen-bond acceptors (Lipinski definition) is 3. The van der Waals surface area contributed by atoms with E-state index in [0.717, 1.165) is 17.8 Å². The van der Waals surface area contributed by atoms with Crippen molar-refractivity contribution in [2.24, 2.45) is 0 Å². The molecule has 0 spiro atoms. The number of hydrogen-bond donors (Lipinski definition) is 1. The Bertz CT molecular complexity index is 760. The summed E-state index contributed by atoms with van der Waals surface area (Å²) in [5.41, 5.74) is 5.59. The molecule has 0 aromatic heterocycles. The van der Waals surface area contributed by atoms with Gasteiger partial charge in [0.1, 0.15) is 0 Å². The molecule has 1 aliphatic heterocycles. The maximum atomic E-state index is 12.7. The molecule has 2 atom stereocenters. The van der Waals surface area contributed by atoms with Crippen LogP contribution in [0.5, 0.6) is 0 Å². The Hall–Kier alpha value is -2.33. The summed E-state index contributed by atoms with van der Waals surface area (Å²) >= 11 is 0. The topological polar surface area (TPSA) is 41.6 Å². The van der Waals surface area contributed by atoms with Gasteiger partial charge in [-0.2, -0.15) is 0 Å². The Morgan fingerprint density at radius 2 is 1.73 bits per heavy atom. The molecule has 2 aromatic carbocycles. The van der Waals surface area contributed by atoms with Crippen molar-refractivity contribution in [3.63, 3.8) is 0 Å². The molecule has 2 unspecified atom stereocenters. The molecule has 0 bridgehead atoms. The maximum Gasteiger partial charge on any atom is 0.254 e. The molecule has 1 saturated heterocycles. The Morgan fingerprint density at radius 1 is 1.08 bits per heavy atom. The van der Waals surface area contributed by atoms with E-state index in [1.54, 1.807) is 0 Å². The number of nitrogens with one attached hydrogen (secondary N) is 1. The molecule has 138 valence electrons. The predicted octanol–water partition coefficient (Wildman–Crippen LogP) is 4.16. The van der Waals surface area contributed by atoms with Gasteiger partial charge in [-0.25, -0.2) is 0 Å². The number of carbonyl (C=O) groups excluding carboxylic acids is 1. The highest BCUT2D eigenvalue weighted by atomic mass is 16.5. The van der Waals surface area contributed by atoms with Gasteiger partial charge in [0.15, 0.2) is 0 Å². The average Bonchev–Trinajstić information content (AvgIpc) is 2.61. The van der Waals surface area contributed by atoms with Crippen LogP contribution in [-0.2, 0) is 11.3 Å². The van der Waals surface area contributed by atoms with E-state index >= 15 is 0 Å². The van der Waals surface area contributed by atoms with E-state index in [9.17, 15) is 4.79 Å². The van der Waals surface area contributed by atoms with E-state index in [1.165, 1.54) is 16.7 Å². The summed E-state index contributed by atoms with van der Waals surface area (Å²) in [5, 5.41) is 3.44. The lowest BCUT2D eigenvalue weighted by molar-refractivity contribution is -0.0586. The molecule has 4 heteroatoms. The molecule has 1 amide bonds. The third-order valence-corrected chi connectivity index (χ3v) is 4.83. The SMILES string of the molecule is Cc1ccc(C)c(CNc2ccc(C(=O)N3CC(C)OC(C)C3)cc2)c1. The van der Waals surface area contributed by atoms with Crippen LogP contribution in [0.2, 0.25) is 0 Å². The van der Waals surface area contributed by atoms with Crippen molar-refractivity contribution in [1.82, 2.24) is 4.90 Å². The second kappa shape index (κ2) is 7.92. The lowest BCUT2D eigenvalue weighted by Crippen LogP contribution is -2.48. The summed E-state index contributed by atoms with van der Waals surface area (Å²) < 4.78 is 5.71. The first-order valence-electron chi connectivity index (χ1n) is 9.27. The van der Waals surface area contributed by atoms with Crippen molar-refractivity contribution >= 4 is 11.6 Å². The molecule has 1 aliphatic rings. The maximum absolute atomic E-state index is 12.7. The average molecular weight is 352 g/mol. The fourth-order valence-corrected chi connectivity index (χ4v) is 3.44. The summed E-state index contributed by atoms with van der Waals surface area (Å²) in [5.74, 6) is 0.0769. The molecule has 0 radical (unpaired) electrons. The molecule has 1 N–H and O–H groups in total. The Kier molecular flexibility index (Phi) is 5.62. The van der Waals surface area contributed by atoms with Crippen LogP contribution in [0.1, 0.15) is 40.9 Å². The second-order valence-electron chi connectivity index (χ2n) is 7.33. The number of amides is 1. The van der Waals surface area contributed by atoms with E-state index in [1.807, 2.05) is 43.0 Å². The number of morpholine rings is 1. The van der Waals surface area contributed by atoms with Crippen LogP contribution in [0.25, 0.3) is 0 Å². The fraction of sp³-hybridized carbons (Fsp3) is 0.409. The summed E-state index contributed by atoms with van der Waals surface area (Å²) in [6, 6.07) is 14.3. The lowest BCUT2D eigenvalue weighted by atomic mass is 10.1. The van der Waals surface area contributed by atoms with Gasteiger partial charge in [-0.05, 0) is 63.1 Å². The van der Waals surface area contributed by atoms with E-state index in [-0.39, 0.29) is 18.1 Å². The summed E-state index contributed by atoms with van der Waals surface area (Å²) in [4.78, 5) is 14.6. The van der Waals surface area contributed by atoms with Gasteiger partial charge in [0.05, 0.1) is 12.2 Å². The zero-order valence-electron chi connectivity index (χ0n) is 16.1. The molecular formula is C22H28N2O2. The van der Waals surface area contributed by atoms with E-state index in [0.29, 0.717) is 13.1 Å². The van der Waals surface area contributed by atoms with Gasteiger partial charge in [0.25, 0.3) is 5.91 Å². The standard InChI is InChI=1S/C22H28N2O2/c1-15-5-6-16(2)20(11-15)12-23-21-9-7-19(8-10-21)22(25)24-13-17(3)26-18(4)14-24/h5-11,17-18,23H,12-14H2,1-4H3. The monoisotopic (exact) mass is 352 g/mol. The van der Waals surface area contributed by atoms with Crippen LogP contribution in [-0.4, -0.2) is 36.1 Å². The van der Waals surface area contributed by atoms with Crippen LogP contribution in [0.15, 0.2) is 42.5 Å². The summed E-state index contributed by atoms with van der Waals surface area (Å²) in [7, 11) is 0.